The number of benzene rings is 2. The van der Waals surface area contributed by atoms with Crippen molar-refractivity contribution in [1.82, 2.24) is 9.88 Å². The van der Waals surface area contributed by atoms with Crippen LogP contribution in [0.15, 0.2) is 48.5 Å². The lowest BCUT2D eigenvalue weighted by Crippen LogP contribution is -2.45. The Balaban J connectivity index is 1.17. The maximum atomic E-state index is 13.5. The Morgan fingerprint density at radius 1 is 1.25 bits per heavy atom. The Hall–Kier alpha value is -2.41. The number of hydrogen-bond donors (Lipinski definition) is 2. The molecular weight excluding hydrogens is 423 g/mol. The van der Waals surface area contributed by atoms with E-state index in [1.165, 1.54) is 10.9 Å². The number of aliphatic hydroxyl groups is 1. The van der Waals surface area contributed by atoms with Crippen LogP contribution in [-0.4, -0.2) is 46.8 Å². The first-order chi connectivity index (χ1) is 15.5. The van der Waals surface area contributed by atoms with E-state index in [0.717, 1.165) is 51.8 Å². The van der Waals surface area contributed by atoms with Gasteiger partial charge in [0.15, 0.2) is 0 Å². The second kappa shape index (κ2) is 8.85. The van der Waals surface area contributed by atoms with Gasteiger partial charge in [-0.15, -0.1) is 11.3 Å². The van der Waals surface area contributed by atoms with Crippen molar-refractivity contribution in [2.24, 2.45) is 0 Å². The van der Waals surface area contributed by atoms with E-state index in [2.05, 4.69) is 28.9 Å². The molecule has 1 saturated heterocycles. The summed E-state index contributed by atoms with van der Waals surface area (Å²) in [6, 6.07) is 15.7. The summed E-state index contributed by atoms with van der Waals surface area (Å²) >= 11 is 1.71. The van der Waals surface area contributed by atoms with Crippen LogP contribution >= 0.6 is 11.3 Å². The number of halogens is 1. The molecule has 168 valence electrons. The monoisotopic (exact) mass is 452 g/mol. The van der Waals surface area contributed by atoms with Crippen LogP contribution in [0.5, 0.6) is 5.75 Å². The third-order valence-corrected chi connectivity index (χ3v) is 7.81. The molecule has 0 unspecified atom stereocenters. The molecule has 0 radical (unpaired) electrons. The molecule has 3 heterocycles. The first kappa shape index (κ1) is 21.4. The zero-order chi connectivity index (χ0) is 22.2. The van der Waals surface area contributed by atoms with Crippen molar-refractivity contribution >= 4 is 32.3 Å². The van der Waals surface area contributed by atoms with Crippen molar-refractivity contribution in [3.05, 3.63) is 64.9 Å². The highest BCUT2D eigenvalue weighted by Gasteiger charge is 2.29. The normalized spacial score (nSPS) is 20.8. The fourth-order valence-corrected chi connectivity index (χ4v) is 6.12. The minimum absolute atomic E-state index is 0.173. The number of nitrogens with zero attached hydrogens (tertiary/aromatic N) is 1. The summed E-state index contributed by atoms with van der Waals surface area (Å²) in [7, 11) is 0. The predicted octanol–water partition coefficient (Wildman–Crippen LogP) is 5.84. The third kappa shape index (κ3) is 4.40. The molecule has 4 nitrogen and oxygen atoms in total. The van der Waals surface area contributed by atoms with Gasteiger partial charge in [0.25, 0.3) is 0 Å². The summed E-state index contributed by atoms with van der Waals surface area (Å²) in [4.78, 5) is 7.02. The minimum Gasteiger partial charge on any atom is -0.490 e. The van der Waals surface area contributed by atoms with Gasteiger partial charge in [-0.1, -0.05) is 12.1 Å². The van der Waals surface area contributed by atoms with Crippen molar-refractivity contribution in [3.8, 4) is 5.75 Å². The van der Waals surface area contributed by atoms with Gasteiger partial charge < -0.3 is 14.8 Å². The number of aliphatic hydroxyl groups excluding tert-OH is 1. The fraction of sp³-hybridized carbons (Fsp3) is 0.385. The van der Waals surface area contributed by atoms with Gasteiger partial charge in [0, 0.05) is 38.8 Å². The quantitative estimate of drug-likeness (QED) is 0.386. The van der Waals surface area contributed by atoms with E-state index in [-0.39, 0.29) is 12.4 Å². The molecule has 1 fully saturated rings. The lowest BCUT2D eigenvalue weighted by molar-refractivity contribution is 0.0408. The van der Waals surface area contributed by atoms with Crippen LogP contribution in [0.4, 0.5) is 4.39 Å². The molecule has 4 aromatic rings. The number of likely N-dealkylation sites (tertiary alicyclic amines) is 1. The van der Waals surface area contributed by atoms with Crippen LogP contribution in [0.3, 0.4) is 0 Å². The molecular formula is C26H29FN2O2S. The van der Waals surface area contributed by atoms with Crippen LogP contribution in [0.1, 0.15) is 36.3 Å². The molecule has 2 aromatic carbocycles. The number of fused-ring (bicyclic) bond motifs is 2. The lowest BCUT2D eigenvalue weighted by atomic mass is 9.90. The number of hydrogen-bond acceptors (Lipinski definition) is 4. The number of H-pyrrole nitrogens is 1. The van der Waals surface area contributed by atoms with Crippen LogP contribution in [0, 0.1) is 12.7 Å². The first-order valence-electron chi connectivity index (χ1n) is 11.3. The third-order valence-electron chi connectivity index (χ3n) is 6.55. The van der Waals surface area contributed by atoms with E-state index in [1.807, 2.05) is 31.2 Å². The first-order valence-corrected chi connectivity index (χ1v) is 12.1. The number of aromatic amines is 1. The molecule has 0 saturated carbocycles. The molecule has 2 aromatic heterocycles. The topological polar surface area (TPSA) is 48.5 Å². The second-order valence-corrected chi connectivity index (χ2v) is 10.1. The lowest BCUT2D eigenvalue weighted by Gasteiger charge is -2.38. The minimum atomic E-state index is -0.545. The molecule has 3 atom stereocenters. The SMILES string of the molecule is Cc1cc2c(OC[C@@H](O)CN3CC[C@H](c4cc5ccc(F)cc5s4)C[C@H]3C)cccc2[nH]1. The highest BCUT2D eigenvalue weighted by atomic mass is 32.1. The average Bonchev–Trinajstić information content (AvgIpc) is 3.36. The molecule has 32 heavy (non-hydrogen) atoms. The van der Waals surface area contributed by atoms with Crippen molar-refractivity contribution in [1.29, 1.82) is 0 Å². The average molecular weight is 453 g/mol. The number of nitrogens with one attached hydrogen (secondary N) is 1. The van der Waals surface area contributed by atoms with Gasteiger partial charge in [-0.2, -0.15) is 0 Å². The van der Waals surface area contributed by atoms with Gasteiger partial charge in [-0.05, 0) is 80.9 Å². The number of rotatable bonds is 6. The molecule has 0 amide bonds. The number of aryl methyl sites for hydroxylation is 1. The van der Waals surface area contributed by atoms with Crippen LogP contribution in [0.25, 0.3) is 21.0 Å². The van der Waals surface area contributed by atoms with Gasteiger partial charge >= 0.3 is 0 Å². The van der Waals surface area contributed by atoms with Gasteiger partial charge in [-0.3, -0.25) is 4.90 Å². The maximum Gasteiger partial charge on any atom is 0.128 e. The van der Waals surface area contributed by atoms with Crippen molar-refractivity contribution < 1.29 is 14.2 Å². The van der Waals surface area contributed by atoms with E-state index < -0.39 is 6.10 Å². The number of thiophene rings is 1. The predicted molar refractivity (Wildman–Crippen MR) is 129 cm³/mol. The molecule has 0 bridgehead atoms. The van der Waals surface area contributed by atoms with Crippen LogP contribution in [-0.2, 0) is 0 Å². The summed E-state index contributed by atoms with van der Waals surface area (Å²) in [6.45, 7) is 6.08. The zero-order valence-corrected chi connectivity index (χ0v) is 19.3. The van der Waals surface area contributed by atoms with Crippen molar-refractivity contribution in [2.45, 2.75) is 44.8 Å². The molecule has 0 aliphatic carbocycles. The highest BCUT2D eigenvalue weighted by molar-refractivity contribution is 7.19. The Kier molecular flexibility index (Phi) is 5.93. The van der Waals surface area contributed by atoms with Gasteiger partial charge in [-0.25, -0.2) is 4.39 Å². The Labute approximate surface area is 191 Å². The summed E-state index contributed by atoms with van der Waals surface area (Å²) in [6.07, 6.45) is 1.55. The van der Waals surface area contributed by atoms with E-state index in [9.17, 15) is 9.50 Å². The Morgan fingerprint density at radius 2 is 2.12 bits per heavy atom. The van der Waals surface area contributed by atoms with Gasteiger partial charge in [0.05, 0.1) is 0 Å². The number of β-amino-alcohol motifs (C(OH)–C–C–N with tert-alkyl or cyclic N) is 1. The summed E-state index contributed by atoms with van der Waals surface area (Å²) in [5, 5.41) is 12.8. The smallest absolute Gasteiger partial charge is 0.128 e. The molecule has 1 aliphatic rings. The van der Waals surface area contributed by atoms with E-state index in [4.69, 9.17) is 4.74 Å². The molecule has 2 N–H and O–H groups in total. The molecule has 0 spiro atoms. The highest BCUT2D eigenvalue weighted by Crippen LogP contribution is 2.38. The van der Waals surface area contributed by atoms with E-state index in [0.29, 0.717) is 18.5 Å². The van der Waals surface area contributed by atoms with E-state index >= 15 is 0 Å². The largest absolute Gasteiger partial charge is 0.490 e. The molecule has 1 aliphatic heterocycles. The number of ether oxygens (including phenoxy) is 1. The zero-order valence-electron chi connectivity index (χ0n) is 18.5. The van der Waals surface area contributed by atoms with Crippen molar-refractivity contribution in [3.63, 3.8) is 0 Å². The standard InChI is InChI=1S/C26H29FN2O2S/c1-16-10-22-23(28-16)4-3-5-24(22)31-15-21(30)14-29-9-8-19(11-17(29)2)25-12-18-6-7-20(27)13-26(18)32-25/h3-7,10,12-13,17,19,21,28,30H,8-9,11,14-15H2,1-2H3/t17-,19+,21+/m1/s1. The van der Waals surface area contributed by atoms with E-state index in [1.54, 1.807) is 17.4 Å². The Morgan fingerprint density at radius 3 is 2.97 bits per heavy atom. The molecule has 5 rings (SSSR count). The van der Waals surface area contributed by atoms with Crippen LogP contribution in [0.2, 0.25) is 0 Å². The van der Waals surface area contributed by atoms with Crippen molar-refractivity contribution in [2.75, 3.05) is 19.7 Å². The number of piperidine rings is 1. The number of aromatic nitrogens is 1. The second-order valence-electron chi connectivity index (χ2n) is 9.03. The summed E-state index contributed by atoms with van der Waals surface area (Å²) < 4.78 is 20.5. The van der Waals surface area contributed by atoms with Gasteiger partial charge in [0.2, 0.25) is 0 Å². The summed E-state index contributed by atoms with van der Waals surface area (Å²) in [5.74, 6) is 1.12. The summed E-state index contributed by atoms with van der Waals surface area (Å²) in [5.41, 5.74) is 2.14. The van der Waals surface area contributed by atoms with Crippen LogP contribution < -0.4 is 4.74 Å². The fourth-order valence-electron chi connectivity index (χ4n) is 4.88. The maximum absolute atomic E-state index is 13.5. The molecule has 6 heteroatoms. The van der Waals surface area contributed by atoms with Gasteiger partial charge in [0.1, 0.15) is 24.3 Å². The Bertz CT molecular complexity index is 1230.